The summed E-state index contributed by atoms with van der Waals surface area (Å²) in [4.78, 5) is 13.8. The Morgan fingerprint density at radius 2 is 1.50 bits per heavy atom. The lowest BCUT2D eigenvalue weighted by atomic mass is 10.1. The van der Waals surface area contributed by atoms with Crippen molar-refractivity contribution in [2.45, 2.75) is 46.0 Å². The van der Waals surface area contributed by atoms with E-state index >= 15 is 0 Å². The number of unbranched alkanes of at least 4 members (excludes halogenated alkanes) is 1. The molecule has 0 aliphatic carbocycles. The molecular formula is C18H31N5O2S. The maximum absolute atomic E-state index is 12.4. The molecule has 2 aliphatic rings. The van der Waals surface area contributed by atoms with Crippen molar-refractivity contribution in [3.8, 4) is 0 Å². The lowest BCUT2D eigenvalue weighted by molar-refractivity contribution is 0.383. The largest absolute Gasteiger partial charge is 0.356 e. The average molecular weight is 382 g/mol. The third kappa shape index (κ3) is 4.65. The van der Waals surface area contributed by atoms with Crippen LogP contribution in [-0.2, 0) is 10.0 Å². The van der Waals surface area contributed by atoms with Gasteiger partial charge in [-0.1, -0.05) is 13.3 Å². The molecule has 7 nitrogen and oxygen atoms in total. The second-order valence-corrected chi connectivity index (χ2v) is 9.32. The molecule has 8 heteroatoms. The Morgan fingerprint density at radius 1 is 0.923 bits per heavy atom. The van der Waals surface area contributed by atoms with Crippen LogP contribution in [0, 0.1) is 6.92 Å². The highest BCUT2D eigenvalue weighted by Gasteiger charge is 2.27. The number of hydrogen-bond acceptors (Lipinski definition) is 6. The third-order valence-electron chi connectivity index (χ3n) is 5.20. The van der Waals surface area contributed by atoms with E-state index in [4.69, 9.17) is 0 Å². The molecule has 0 spiro atoms. The predicted molar refractivity (Wildman–Crippen MR) is 105 cm³/mol. The number of piperidine rings is 1. The SMILES string of the molecule is CCCCS(=O)(=O)N1CCN(c2cc(N3CCCCC3)nc(C)n2)CC1. The minimum Gasteiger partial charge on any atom is -0.356 e. The zero-order chi connectivity index (χ0) is 18.6. The average Bonchev–Trinajstić information content (AvgIpc) is 2.67. The topological polar surface area (TPSA) is 69.6 Å². The Hall–Kier alpha value is -1.41. The Morgan fingerprint density at radius 3 is 2.08 bits per heavy atom. The highest BCUT2D eigenvalue weighted by atomic mass is 32.2. The monoisotopic (exact) mass is 381 g/mol. The summed E-state index contributed by atoms with van der Waals surface area (Å²) in [6, 6.07) is 2.07. The van der Waals surface area contributed by atoms with Crippen LogP contribution in [0.2, 0.25) is 0 Å². The molecule has 0 N–H and O–H groups in total. The van der Waals surface area contributed by atoms with Gasteiger partial charge in [0, 0.05) is 45.3 Å². The van der Waals surface area contributed by atoms with Crippen LogP contribution in [0.4, 0.5) is 11.6 Å². The Labute approximate surface area is 157 Å². The molecule has 0 radical (unpaired) electrons. The molecule has 0 atom stereocenters. The van der Waals surface area contributed by atoms with E-state index in [9.17, 15) is 8.42 Å². The third-order valence-corrected chi connectivity index (χ3v) is 7.16. The van der Waals surface area contributed by atoms with Gasteiger partial charge >= 0.3 is 0 Å². The van der Waals surface area contributed by atoms with Crippen molar-refractivity contribution in [2.75, 3.05) is 54.8 Å². The van der Waals surface area contributed by atoms with Gasteiger partial charge in [-0.2, -0.15) is 4.31 Å². The molecule has 0 bridgehead atoms. The minimum atomic E-state index is -3.12. The second-order valence-electron chi connectivity index (χ2n) is 7.23. The summed E-state index contributed by atoms with van der Waals surface area (Å²) in [5.41, 5.74) is 0. The minimum absolute atomic E-state index is 0.259. The van der Waals surface area contributed by atoms with Gasteiger partial charge in [0.25, 0.3) is 0 Å². The fourth-order valence-electron chi connectivity index (χ4n) is 3.63. The lowest BCUT2D eigenvalue weighted by Gasteiger charge is -2.35. The first-order chi connectivity index (χ1) is 12.5. The van der Waals surface area contributed by atoms with Crippen LogP contribution in [0.3, 0.4) is 0 Å². The summed E-state index contributed by atoms with van der Waals surface area (Å²) in [6.45, 7) is 8.50. The van der Waals surface area contributed by atoms with Gasteiger partial charge in [0.15, 0.2) is 0 Å². The van der Waals surface area contributed by atoms with Gasteiger partial charge in [0.05, 0.1) is 5.75 Å². The van der Waals surface area contributed by atoms with Gasteiger partial charge in [0.1, 0.15) is 17.5 Å². The van der Waals surface area contributed by atoms with Gasteiger partial charge in [0.2, 0.25) is 10.0 Å². The molecule has 146 valence electrons. The van der Waals surface area contributed by atoms with Crippen LogP contribution in [0.25, 0.3) is 0 Å². The summed E-state index contributed by atoms with van der Waals surface area (Å²) in [5, 5.41) is 0. The van der Waals surface area contributed by atoms with Crippen LogP contribution in [-0.4, -0.2) is 67.7 Å². The Balaban J connectivity index is 1.66. The normalized spacial score (nSPS) is 19.8. The van der Waals surface area contributed by atoms with E-state index in [0.29, 0.717) is 26.2 Å². The number of aryl methyl sites for hydroxylation is 1. The van der Waals surface area contributed by atoms with E-state index in [-0.39, 0.29) is 5.75 Å². The molecule has 2 saturated heterocycles. The van der Waals surface area contributed by atoms with Gasteiger partial charge in [-0.3, -0.25) is 0 Å². The van der Waals surface area contributed by atoms with Crippen LogP contribution in [0.5, 0.6) is 0 Å². The van der Waals surface area contributed by atoms with Crippen LogP contribution < -0.4 is 9.80 Å². The Bertz CT molecular complexity index is 696. The van der Waals surface area contributed by atoms with E-state index in [0.717, 1.165) is 43.4 Å². The highest BCUT2D eigenvalue weighted by molar-refractivity contribution is 7.89. The van der Waals surface area contributed by atoms with E-state index in [1.54, 1.807) is 4.31 Å². The first kappa shape index (κ1) is 19.4. The molecule has 2 aliphatic heterocycles. The molecule has 0 aromatic carbocycles. The fourth-order valence-corrected chi connectivity index (χ4v) is 5.27. The van der Waals surface area contributed by atoms with Crippen molar-refractivity contribution in [1.82, 2.24) is 14.3 Å². The molecule has 0 saturated carbocycles. The maximum atomic E-state index is 12.4. The number of hydrogen-bond donors (Lipinski definition) is 0. The Kier molecular flexibility index (Phi) is 6.34. The van der Waals surface area contributed by atoms with E-state index in [1.165, 1.54) is 19.3 Å². The fraction of sp³-hybridized carbons (Fsp3) is 0.778. The molecule has 26 heavy (non-hydrogen) atoms. The molecule has 2 fully saturated rings. The molecule has 3 rings (SSSR count). The van der Waals surface area contributed by atoms with Gasteiger partial charge < -0.3 is 9.80 Å². The van der Waals surface area contributed by atoms with Crippen LogP contribution >= 0.6 is 0 Å². The van der Waals surface area contributed by atoms with Crippen molar-refractivity contribution < 1.29 is 8.42 Å². The van der Waals surface area contributed by atoms with Gasteiger partial charge in [-0.15, -0.1) is 0 Å². The van der Waals surface area contributed by atoms with Crippen molar-refractivity contribution in [3.05, 3.63) is 11.9 Å². The number of aromatic nitrogens is 2. The summed E-state index contributed by atoms with van der Waals surface area (Å²) < 4.78 is 26.4. The first-order valence-corrected chi connectivity index (χ1v) is 11.4. The summed E-state index contributed by atoms with van der Waals surface area (Å²) >= 11 is 0. The molecule has 0 unspecified atom stereocenters. The molecule has 3 heterocycles. The van der Waals surface area contributed by atoms with Crippen molar-refractivity contribution >= 4 is 21.7 Å². The second kappa shape index (κ2) is 8.52. The zero-order valence-corrected chi connectivity index (χ0v) is 16.8. The molecule has 1 aromatic rings. The van der Waals surface area contributed by atoms with E-state index in [2.05, 4.69) is 25.8 Å². The molecule has 1 aromatic heterocycles. The van der Waals surface area contributed by atoms with Crippen LogP contribution in [0.1, 0.15) is 44.9 Å². The number of nitrogens with zero attached hydrogens (tertiary/aromatic N) is 5. The smallest absolute Gasteiger partial charge is 0.214 e. The highest BCUT2D eigenvalue weighted by Crippen LogP contribution is 2.23. The lowest BCUT2D eigenvalue weighted by Crippen LogP contribution is -2.49. The number of sulfonamides is 1. The van der Waals surface area contributed by atoms with Gasteiger partial charge in [-0.25, -0.2) is 18.4 Å². The van der Waals surface area contributed by atoms with E-state index in [1.807, 2.05) is 13.8 Å². The quantitative estimate of drug-likeness (QED) is 0.751. The van der Waals surface area contributed by atoms with E-state index < -0.39 is 10.0 Å². The predicted octanol–water partition coefficient (Wildman–Crippen LogP) is 2.03. The van der Waals surface area contributed by atoms with Crippen molar-refractivity contribution in [1.29, 1.82) is 0 Å². The summed E-state index contributed by atoms with van der Waals surface area (Å²) in [5.74, 6) is 2.96. The number of anilines is 2. The van der Waals surface area contributed by atoms with Crippen LogP contribution in [0.15, 0.2) is 6.07 Å². The number of rotatable bonds is 6. The number of piperazine rings is 1. The first-order valence-electron chi connectivity index (χ1n) is 9.83. The zero-order valence-electron chi connectivity index (χ0n) is 16.0. The van der Waals surface area contributed by atoms with Crippen molar-refractivity contribution in [3.63, 3.8) is 0 Å². The summed E-state index contributed by atoms with van der Waals surface area (Å²) in [6.07, 6.45) is 5.35. The molecule has 0 amide bonds. The van der Waals surface area contributed by atoms with Gasteiger partial charge in [-0.05, 0) is 32.6 Å². The molecular weight excluding hydrogens is 350 g/mol. The maximum Gasteiger partial charge on any atom is 0.214 e. The standard InChI is InChI=1S/C18H31N5O2S/c1-3-4-14-26(24,25)23-12-10-22(11-13-23)18-15-17(19-16(2)20-18)21-8-6-5-7-9-21/h15H,3-14H2,1-2H3. The van der Waals surface area contributed by atoms with Crippen molar-refractivity contribution in [2.24, 2.45) is 0 Å². The summed E-state index contributed by atoms with van der Waals surface area (Å²) in [7, 11) is -3.12.